The largest absolute Gasteiger partial charge is 0.457 e. The molecule has 0 saturated carbocycles. The van der Waals surface area contributed by atoms with Crippen molar-refractivity contribution in [1.29, 1.82) is 0 Å². The first kappa shape index (κ1) is 37.3. The Morgan fingerprint density at radius 2 is 0.730 bits per heavy atom. The zero-order chi connectivity index (χ0) is 42.0. The van der Waals surface area contributed by atoms with Crippen LogP contribution in [-0.2, 0) is 0 Å². The number of rotatable bonds is 10. The van der Waals surface area contributed by atoms with Gasteiger partial charge in [0.2, 0.25) is 5.95 Å². The molecule has 0 fully saturated rings. The first-order valence-corrected chi connectivity index (χ1v) is 20.7. The van der Waals surface area contributed by atoms with Crippen molar-refractivity contribution in [3.63, 3.8) is 0 Å². The minimum atomic E-state index is 0.518. The predicted octanol–water partition coefficient (Wildman–Crippen LogP) is 14.3. The van der Waals surface area contributed by atoms with Crippen LogP contribution in [0.15, 0.2) is 225 Å². The number of aromatic nitrogens is 5. The number of fused-ring (bicyclic) bond motifs is 3. The highest BCUT2D eigenvalue weighted by Gasteiger charge is 2.18. The third kappa shape index (κ3) is 7.67. The van der Waals surface area contributed by atoms with Crippen molar-refractivity contribution in [2.24, 2.45) is 0 Å². The molecule has 0 saturated heterocycles. The summed E-state index contributed by atoms with van der Waals surface area (Å²) < 4.78 is 15.2. The van der Waals surface area contributed by atoms with E-state index in [0.29, 0.717) is 28.9 Å². The molecule has 4 aromatic heterocycles. The Morgan fingerprint density at radius 3 is 1.19 bits per heavy atom. The number of nitrogens with zero attached hydrogens (tertiary/aromatic N) is 5. The number of ether oxygens (including phenoxy) is 2. The maximum Gasteiger partial charge on any atom is 0.234 e. The maximum atomic E-state index is 6.55. The van der Waals surface area contributed by atoms with Crippen molar-refractivity contribution < 1.29 is 9.47 Å². The van der Waals surface area contributed by atoms with E-state index in [1.807, 2.05) is 134 Å². The maximum absolute atomic E-state index is 6.55. The van der Waals surface area contributed by atoms with Gasteiger partial charge in [-0.3, -0.25) is 14.5 Å². The number of benzene rings is 7. The van der Waals surface area contributed by atoms with Gasteiger partial charge in [0.25, 0.3) is 0 Å². The molecule has 0 aliphatic heterocycles. The summed E-state index contributed by atoms with van der Waals surface area (Å²) in [6, 6.07) is 67.6. The summed E-state index contributed by atoms with van der Waals surface area (Å²) in [6.07, 6.45) is 7.41. The lowest BCUT2D eigenvalue weighted by molar-refractivity contribution is 0.483. The van der Waals surface area contributed by atoms with E-state index < -0.39 is 0 Å². The normalized spacial score (nSPS) is 11.2. The van der Waals surface area contributed by atoms with Crippen molar-refractivity contribution in [2.45, 2.75) is 0 Å². The highest BCUT2D eigenvalue weighted by atomic mass is 16.5. The molecule has 0 bridgehead atoms. The van der Waals surface area contributed by atoms with E-state index in [9.17, 15) is 0 Å². The van der Waals surface area contributed by atoms with Crippen molar-refractivity contribution >= 4 is 21.8 Å². The van der Waals surface area contributed by atoms with E-state index in [4.69, 9.17) is 19.4 Å². The molecule has 63 heavy (non-hydrogen) atoms. The van der Waals surface area contributed by atoms with Gasteiger partial charge in [0.1, 0.15) is 23.0 Å². The fourth-order valence-electron chi connectivity index (χ4n) is 8.07. The quantitative estimate of drug-likeness (QED) is 0.137. The topological polar surface area (TPSA) is 75.0 Å². The lowest BCUT2D eigenvalue weighted by Crippen LogP contribution is -2.01. The molecule has 4 heterocycles. The molecule has 7 nitrogen and oxygen atoms in total. The van der Waals surface area contributed by atoms with Crippen LogP contribution in [0.5, 0.6) is 23.0 Å². The zero-order valence-electron chi connectivity index (χ0n) is 33.9. The van der Waals surface area contributed by atoms with Gasteiger partial charge in [0.05, 0.1) is 22.4 Å². The smallest absolute Gasteiger partial charge is 0.234 e. The lowest BCUT2D eigenvalue weighted by atomic mass is 9.94. The fourth-order valence-corrected chi connectivity index (χ4v) is 8.07. The van der Waals surface area contributed by atoms with Gasteiger partial charge in [0, 0.05) is 64.4 Å². The molecule has 0 atom stereocenters. The van der Waals surface area contributed by atoms with Gasteiger partial charge < -0.3 is 9.47 Å². The molecular formula is C56H37N5O2. The molecule has 0 radical (unpaired) electrons. The van der Waals surface area contributed by atoms with Crippen LogP contribution in [0.25, 0.3) is 83.6 Å². The van der Waals surface area contributed by atoms with Gasteiger partial charge in [-0.15, -0.1) is 0 Å². The average Bonchev–Trinajstić information content (AvgIpc) is 3.68. The highest BCUT2D eigenvalue weighted by Crippen LogP contribution is 2.39. The minimum absolute atomic E-state index is 0.518. The van der Waals surface area contributed by atoms with Gasteiger partial charge in [0.15, 0.2) is 0 Å². The summed E-state index contributed by atoms with van der Waals surface area (Å²) in [6.45, 7) is 0. The third-order valence-electron chi connectivity index (χ3n) is 11.1. The van der Waals surface area contributed by atoms with Crippen LogP contribution >= 0.6 is 0 Å². The molecule has 11 aromatic rings. The second kappa shape index (κ2) is 16.4. The highest BCUT2D eigenvalue weighted by molar-refractivity contribution is 6.09. The van der Waals surface area contributed by atoms with E-state index in [1.165, 1.54) is 0 Å². The standard InChI is InChI=1S/C56H37N5O2/c1-3-13-38(14-4-1)42-29-43(39-15-5-2-6-16-39)31-44(30-42)45-36-59-56(60-37-45)61-54-34-48(62-46-19-11-17-40(32-46)52-21-7-9-27-57-52)23-25-50(54)51-26-24-49(35-55(51)61)63-47-20-12-18-41(33-47)53-22-8-10-28-58-53/h1-37H. The Balaban J connectivity index is 1.01. The molecule has 0 amide bonds. The van der Waals surface area contributed by atoms with Gasteiger partial charge in [-0.05, 0) is 119 Å². The van der Waals surface area contributed by atoms with Crippen molar-refractivity contribution in [2.75, 3.05) is 0 Å². The molecule has 0 aliphatic carbocycles. The van der Waals surface area contributed by atoms with Crippen LogP contribution in [-0.4, -0.2) is 24.5 Å². The van der Waals surface area contributed by atoms with Gasteiger partial charge in [-0.25, -0.2) is 9.97 Å². The zero-order valence-corrected chi connectivity index (χ0v) is 33.9. The van der Waals surface area contributed by atoms with E-state index in [1.54, 1.807) is 12.4 Å². The van der Waals surface area contributed by atoms with E-state index in [2.05, 4.69) is 93.4 Å². The SMILES string of the molecule is c1ccc(-c2cc(-c3ccccc3)cc(-c3cnc(-n4c5cc(Oc6cccc(-c7ccccn7)c6)ccc5c5ccc(Oc6cccc(-c7ccccn7)c6)cc54)nc3)c2)cc1. The number of pyridine rings is 2. The Hall–Kier alpha value is -8.68. The van der Waals surface area contributed by atoms with Gasteiger partial charge in [-0.2, -0.15) is 0 Å². The molecule has 7 aromatic carbocycles. The molecule has 298 valence electrons. The van der Waals surface area contributed by atoms with Crippen molar-refractivity contribution in [3.05, 3.63) is 225 Å². The fraction of sp³-hybridized carbons (Fsp3) is 0. The Morgan fingerprint density at radius 1 is 0.302 bits per heavy atom. The van der Waals surface area contributed by atoms with Crippen molar-refractivity contribution in [3.8, 4) is 84.8 Å². The molecule has 0 N–H and O–H groups in total. The summed E-state index contributed by atoms with van der Waals surface area (Å²) >= 11 is 0. The lowest BCUT2D eigenvalue weighted by Gasteiger charge is -2.12. The molecule has 7 heteroatoms. The van der Waals surface area contributed by atoms with Crippen molar-refractivity contribution in [1.82, 2.24) is 24.5 Å². The molecule has 0 unspecified atom stereocenters. The average molecular weight is 812 g/mol. The Kier molecular flexibility index (Phi) is 9.72. The predicted molar refractivity (Wildman–Crippen MR) is 252 cm³/mol. The monoisotopic (exact) mass is 811 g/mol. The molecule has 0 spiro atoms. The Bertz CT molecular complexity index is 3180. The van der Waals surface area contributed by atoms with Crippen LogP contribution in [0.4, 0.5) is 0 Å². The first-order valence-electron chi connectivity index (χ1n) is 20.7. The minimum Gasteiger partial charge on any atom is -0.457 e. The van der Waals surface area contributed by atoms with E-state index >= 15 is 0 Å². The number of hydrogen-bond acceptors (Lipinski definition) is 6. The second-order valence-electron chi connectivity index (χ2n) is 15.2. The van der Waals surface area contributed by atoms with Gasteiger partial charge in [-0.1, -0.05) is 97.1 Å². The Labute approximate surface area is 364 Å². The molecular weight excluding hydrogens is 775 g/mol. The first-order chi connectivity index (χ1) is 31.2. The summed E-state index contributed by atoms with van der Waals surface area (Å²) in [5, 5.41) is 2.05. The van der Waals surface area contributed by atoms with Crippen LogP contribution < -0.4 is 9.47 Å². The summed E-state index contributed by atoms with van der Waals surface area (Å²) in [5.74, 6) is 3.28. The summed E-state index contributed by atoms with van der Waals surface area (Å²) in [4.78, 5) is 19.2. The van der Waals surface area contributed by atoms with Gasteiger partial charge >= 0.3 is 0 Å². The number of hydrogen-bond donors (Lipinski definition) is 0. The second-order valence-corrected chi connectivity index (χ2v) is 15.2. The summed E-state index contributed by atoms with van der Waals surface area (Å²) in [5.41, 5.74) is 11.9. The van der Waals surface area contributed by atoms with Crippen LogP contribution in [0.3, 0.4) is 0 Å². The van der Waals surface area contributed by atoms with E-state index in [0.717, 1.165) is 77.7 Å². The molecule has 11 rings (SSSR count). The summed E-state index contributed by atoms with van der Waals surface area (Å²) in [7, 11) is 0. The van der Waals surface area contributed by atoms with Crippen LogP contribution in [0.2, 0.25) is 0 Å². The van der Waals surface area contributed by atoms with E-state index in [-0.39, 0.29) is 0 Å². The molecule has 0 aliphatic rings. The van der Waals surface area contributed by atoms with Crippen LogP contribution in [0.1, 0.15) is 0 Å². The third-order valence-corrected chi connectivity index (χ3v) is 11.1. The van der Waals surface area contributed by atoms with Crippen LogP contribution in [0, 0.1) is 0 Å².